The molecule has 3 rings (SSSR count). The molecule has 0 aliphatic carbocycles. The van der Waals surface area contributed by atoms with Gasteiger partial charge in [-0.3, -0.25) is 4.79 Å². The molecule has 0 radical (unpaired) electrons. The molecule has 1 heterocycles. The van der Waals surface area contributed by atoms with Crippen molar-refractivity contribution in [2.24, 2.45) is 0 Å². The van der Waals surface area contributed by atoms with Gasteiger partial charge < -0.3 is 14.5 Å². The van der Waals surface area contributed by atoms with E-state index >= 15 is 0 Å². The first-order valence-corrected chi connectivity index (χ1v) is 8.94. The summed E-state index contributed by atoms with van der Waals surface area (Å²) in [7, 11) is 3.86. The Balaban J connectivity index is 1.89. The van der Waals surface area contributed by atoms with Gasteiger partial charge in [0, 0.05) is 24.2 Å². The lowest BCUT2D eigenvalue weighted by molar-refractivity contribution is -0.134. The lowest BCUT2D eigenvalue weighted by Gasteiger charge is -2.31. The largest absolute Gasteiger partial charge is 0.491 e. The number of hydrogen-bond donors (Lipinski definition) is 0. The maximum Gasteiger partial charge on any atom is 0.227 e. The van der Waals surface area contributed by atoms with E-state index in [2.05, 4.69) is 0 Å². The summed E-state index contributed by atoms with van der Waals surface area (Å²) in [5.41, 5.74) is 2.06. The number of carbonyl (C=O) groups is 1. The Labute approximate surface area is 158 Å². The number of rotatable bonds is 4. The minimum atomic E-state index is -0.573. The summed E-state index contributed by atoms with van der Waals surface area (Å²) in [5.74, 6) is -0.610. The number of hydrogen-bond acceptors (Lipinski definition) is 3. The Morgan fingerprint density at radius 2 is 2.00 bits per heavy atom. The molecular weight excluding hydrogens is 350 g/mol. The number of carbonyl (C=O) groups excluding carboxylic acids is 1. The van der Waals surface area contributed by atoms with Crippen LogP contribution in [0.15, 0.2) is 36.4 Å². The highest BCUT2D eigenvalue weighted by Gasteiger charge is 2.29. The molecule has 1 amide bonds. The zero-order valence-corrected chi connectivity index (χ0v) is 15.8. The van der Waals surface area contributed by atoms with Gasteiger partial charge in [0.05, 0.1) is 12.5 Å². The Bertz CT molecular complexity index is 839. The van der Waals surface area contributed by atoms with E-state index in [1.807, 2.05) is 44.1 Å². The fourth-order valence-electron chi connectivity index (χ4n) is 3.37. The molecule has 0 unspecified atom stereocenters. The van der Waals surface area contributed by atoms with E-state index < -0.39 is 11.6 Å². The predicted molar refractivity (Wildman–Crippen MR) is 99.6 cm³/mol. The van der Waals surface area contributed by atoms with Crippen LogP contribution in [0.5, 0.6) is 5.75 Å². The van der Waals surface area contributed by atoms with E-state index in [1.165, 1.54) is 0 Å². The van der Waals surface area contributed by atoms with Gasteiger partial charge in [0.25, 0.3) is 0 Å². The number of halogens is 2. The number of amides is 1. The molecule has 1 aliphatic heterocycles. The summed E-state index contributed by atoms with van der Waals surface area (Å²) in [4.78, 5) is 16.7. The lowest BCUT2D eigenvalue weighted by atomic mass is 10.1. The zero-order chi connectivity index (χ0) is 19.6. The number of nitrogens with zero attached hydrogens (tertiary/aromatic N) is 2. The van der Waals surface area contributed by atoms with Gasteiger partial charge in [-0.05, 0) is 45.3 Å². The third-order valence-electron chi connectivity index (χ3n) is 4.67. The van der Waals surface area contributed by atoms with Crippen LogP contribution in [0.3, 0.4) is 0 Å². The molecule has 0 aromatic heterocycles. The lowest BCUT2D eigenvalue weighted by Crippen LogP contribution is -2.47. The summed E-state index contributed by atoms with van der Waals surface area (Å²) in [6, 6.07) is 8.89. The van der Waals surface area contributed by atoms with Crippen molar-refractivity contribution in [1.82, 2.24) is 9.80 Å². The molecule has 6 heteroatoms. The van der Waals surface area contributed by atoms with Gasteiger partial charge in [-0.1, -0.05) is 17.7 Å². The number of likely N-dealkylation sites (N-methyl/N-ethyl adjacent to an activating group) is 1. The molecule has 27 heavy (non-hydrogen) atoms. The molecule has 4 nitrogen and oxygen atoms in total. The minimum absolute atomic E-state index is 0.0678. The standard InChI is InChI=1S/C21H24F2N2O2/c1-14-4-7-20-16(8-14)11-25(18(13-27-20)12-24(2)3)21(26)10-15-9-17(22)5-6-19(15)23/h4-9,18H,10-13H2,1-3H3/t18-/m0/s1. The van der Waals surface area contributed by atoms with E-state index in [-0.39, 0.29) is 23.9 Å². The van der Waals surface area contributed by atoms with E-state index in [0.29, 0.717) is 19.7 Å². The molecule has 144 valence electrons. The second kappa shape index (κ2) is 8.05. The molecule has 1 atom stereocenters. The van der Waals surface area contributed by atoms with Crippen molar-refractivity contribution in [1.29, 1.82) is 0 Å². The fraction of sp³-hybridized carbons (Fsp3) is 0.381. The molecular formula is C21H24F2N2O2. The molecule has 1 aliphatic rings. The Morgan fingerprint density at radius 1 is 1.22 bits per heavy atom. The van der Waals surface area contributed by atoms with Gasteiger partial charge in [0.15, 0.2) is 0 Å². The smallest absolute Gasteiger partial charge is 0.227 e. The van der Waals surface area contributed by atoms with Crippen molar-refractivity contribution in [3.8, 4) is 5.75 Å². The molecule has 0 bridgehead atoms. The second-order valence-corrected chi connectivity index (χ2v) is 7.27. The van der Waals surface area contributed by atoms with Crippen molar-refractivity contribution in [2.75, 3.05) is 27.2 Å². The molecule has 2 aromatic carbocycles. The molecule has 2 aromatic rings. The fourth-order valence-corrected chi connectivity index (χ4v) is 3.37. The summed E-state index contributed by atoms with van der Waals surface area (Å²) in [6.07, 6.45) is -0.186. The quantitative estimate of drug-likeness (QED) is 0.824. The molecule has 0 N–H and O–H groups in total. The van der Waals surface area contributed by atoms with Crippen LogP contribution in [0.1, 0.15) is 16.7 Å². The first-order chi connectivity index (χ1) is 12.8. The van der Waals surface area contributed by atoms with E-state index in [9.17, 15) is 13.6 Å². The highest BCUT2D eigenvalue weighted by molar-refractivity contribution is 5.79. The summed E-state index contributed by atoms with van der Waals surface area (Å²) >= 11 is 0. The predicted octanol–water partition coefficient (Wildman–Crippen LogP) is 3.17. The first kappa shape index (κ1) is 19.3. The average molecular weight is 374 g/mol. The molecule has 0 fully saturated rings. The van der Waals surface area contributed by atoms with E-state index in [1.54, 1.807) is 4.90 Å². The van der Waals surface area contributed by atoms with Crippen molar-refractivity contribution in [2.45, 2.75) is 25.9 Å². The topological polar surface area (TPSA) is 32.8 Å². The maximum atomic E-state index is 14.0. The molecule has 0 saturated heterocycles. The molecule has 0 saturated carbocycles. The SMILES string of the molecule is Cc1ccc2c(c1)CN(C(=O)Cc1cc(F)ccc1F)[C@@H](CN(C)C)CO2. The summed E-state index contributed by atoms with van der Waals surface area (Å²) < 4.78 is 33.4. The highest BCUT2D eigenvalue weighted by Crippen LogP contribution is 2.27. The Morgan fingerprint density at radius 3 is 2.74 bits per heavy atom. The van der Waals surface area contributed by atoms with Crippen molar-refractivity contribution in [3.05, 3.63) is 64.7 Å². The van der Waals surface area contributed by atoms with Crippen LogP contribution >= 0.6 is 0 Å². The summed E-state index contributed by atoms with van der Waals surface area (Å²) in [6.45, 7) is 3.33. The Kier molecular flexibility index (Phi) is 5.75. The number of fused-ring (bicyclic) bond motifs is 1. The van der Waals surface area contributed by atoms with E-state index in [0.717, 1.165) is 35.1 Å². The minimum Gasteiger partial charge on any atom is -0.491 e. The monoisotopic (exact) mass is 374 g/mol. The van der Waals surface area contributed by atoms with Gasteiger partial charge in [-0.15, -0.1) is 0 Å². The number of aryl methyl sites for hydroxylation is 1. The van der Waals surface area contributed by atoms with Crippen LogP contribution in [0.25, 0.3) is 0 Å². The second-order valence-electron chi connectivity index (χ2n) is 7.27. The normalized spacial score (nSPS) is 16.7. The van der Waals surface area contributed by atoms with Crippen molar-refractivity contribution < 1.29 is 18.3 Å². The summed E-state index contributed by atoms with van der Waals surface area (Å²) in [5, 5.41) is 0. The van der Waals surface area contributed by atoms with Gasteiger partial charge in [-0.25, -0.2) is 8.78 Å². The Hall–Kier alpha value is -2.47. The molecule has 0 spiro atoms. The van der Waals surface area contributed by atoms with Gasteiger partial charge in [-0.2, -0.15) is 0 Å². The van der Waals surface area contributed by atoms with Crippen molar-refractivity contribution >= 4 is 5.91 Å². The zero-order valence-electron chi connectivity index (χ0n) is 15.8. The van der Waals surface area contributed by atoms with Gasteiger partial charge in [0.2, 0.25) is 5.91 Å². The maximum absolute atomic E-state index is 14.0. The van der Waals surface area contributed by atoms with Crippen LogP contribution in [0.4, 0.5) is 8.78 Å². The van der Waals surface area contributed by atoms with Crippen LogP contribution in [-0.2, 0) is 17.8 Å². The van der Waals surface area contributed by atoms with Crippen molar-refractivity contribution in [3.63, 3.8) is 0 Å². The van der Waals surface area contributed by atoms with Crippen LogP contribution in [-0.4, -0.2) is 49.0 Å². The van der Waals surface area contributed by atoms with Gasteiger partial charge >= 0.3 is 0 Å². The number of benzene rings is 2. The number of ether oxygens (including phenoxy) is 1. The van der Waals surface area contributed by atoms with Crippen LogP contribution in [0, 0.1) is 18.6 Å². The van der Waals surface area contributed by atoms with Gasteiger partial charge in [0.1, 0.15) is 24.0 Å². The van der Waals surface area contributed by atoms with Crippen LogP contribution < -0.4 is 4.74 Å². The highest BCUT2D eigenvalue weighted by atomic mass is 19.1. The van der Waals surface area contributed by atoms with E-state index in [4.69, 9.17) is 4.74 Å². The average Bonchev–Trinajstić information content (AvgIpc) is 2.77. The first-order valence-electron chi connectivity index (χ1n) is 8.94. The third-order valence-corrected chi connectivity index (χ3v) is 4.67. The third kappa shape index (κ3) is 4.63. The van der Waals surface area contributed by atoms with Crippen LogP contribution in [0.2, 0.25) is 0 Å².